The third-order valence-corrected chi connectivity index (χ3v) is 2.86. The molecule has 2 heterocycles. The minimum absolute atomic E-state index is 0.0241. The normalized spacial score (nSPS) is 13.0. The van der Waals surface area contributed by atoms with Gasteiger partial charge < -0.3 is 15.4 Å². The van der Waals surface area contributed by atoms with Crippen molar-refractivity contribution in [3.8, 4) is 5.75 Å². The van der Waals surface area contributed by atoms with Crippen LogP contribution in [-0.2, 0) is 16.1 Å². The molecule has 0 bridgehead atoms. The summed E-state index contributed by atoms with van der Waals surface area (Å²) in [7, 11) is 0. The molecule has 1 aromatic carbocycles. The van der Waals surface area contributed by atoms with Crippen molar-refractivity contribution in [3.63, 3.8) is 0 Å². The Morgan fingerprint density at radius 3 is 3.19 bits per heavy atom. The SMILES string of the molecule is O=C(CCn1cnnn1)Nc1ccc2c(c1)OCC(=O)N2. The fourth-order valence-electron chi connectivity index (χ4n) is 1.87. The summed E-state index contributed by atoms with van der Waals surface area (Å²) in [6.45, 7) is 0.375. The Morgan fingerprint density at radius 1 is 1.48 bits per heavy atom. The van der Waals surface area contributed by atoms with E-state index in [0.29, 0.717) is 23.7 Å². The monoisotopic (exact) mass is 288 g/mol. The van der Waals surface area contributed by atoms with Crippen LogP contribution in [-0.4, -0.2) is 38.6 Å². The standard InChI is InChI=1S/C12H12N6O3/c19-11(3-4-18-7-13-16-17-18)14-8-1-2-9-10(5-8)21-6-12(20)15-9/h1-2,5,7H,3-4,6H2,(H,14,19)(H,15,20). The molecule has 2 N–H and O–H groups in total. The van der Waals surface area contributed by atoms with Crippen LogP contribution in [0.15, 0.2) is 24.5 Å². The van der Waals surface area contributed by atoms with Crippen molar-refractivity contribution < 1.29 is 14.3 Å². The fourth-order valence-corrected chi connectivity index (χ4v) is 1.87. The first-order valence-corrected chi connectivity index (χ1v) is 6.28. The van der Waals surface area contributed by atoms with Gasteiger partial charge in [0.2, 0.25) is 5.91 Å². The summed E-state index contributed by atoms with van der Waals surface area (Å²) >= 11 is 0. The molecule has 0 unspecified atom stereocenters. The summed E-state index contributed by atoms with van der Waals surface area (Å²) in [5.74, 6) is 0.180. The topological polar surface area (TPSA) is 111 Å². The van der Waals surface area contributed by atoms with Crippen molar-refractivity contribution in [2.45, 2.75) is 13.0 Å². The molecule has 0 fully saturated rings. The van der Waals surface area contributed by atoms with Gasteiger partial charge in [0.1, 0.15) is 12.1 Å². The second-order valence-electron chi connectivity index (χ2n) is 4.42. The summed E-state index contributed by atoms with van der Waals surface area (Å²) in [6.07, 6.45) is 1.70. The lowest BCUT2D eigenvalue weighted by atomic mass is 10.2. The molecule has 108 valence electrons. The number of ether oxygens (including phenoxy) is 1. The highest BCUT2D eigenvalue weighted by Crippen LogP contribution is 2.30. The van der Waals surface area contributed by atoms with Gasteiger partial charge in [-0.05, 0) is 22.6 Å². The van der Waals surface area contributed by atoms with Crippen LogP contribution in [0.1, 0.15) is 6.42 Å². The second kappa shape index (κ2) is 5.57. The van der Waals surface area contributed by atoms with Gasteiger partial charge in [0.15, 0.2) is 6.61 Å². The van der Waals surface area contributed by atoms with Gasteiger partial charge in [-0.1, -0.05) is 0 Å². The Morgan fingerprint density at radius 2 is 2.38 bits per heavy atom. The highest BCUT2D eigenvalue weighted by Gasteiger charge is 2.16. The minimum atomic E-state index is -0.194. The maximum Gasteiger partial charge on any atom is 0.262 e. The lowest BCUT2D eigenvalue weighted by Gasteiger charge is -2.18. The molecule has 0 spiro atoms. The maximum absolute atomic E-state index is 11.8. The molecule has 21 heavy (non-hydrogen) atoms. The van der Waals surface area contributed by atoms with Crippen LogP contribution in [0.4, 0.5) is 11.4 Å². The van der Waals surface area contributed by atoms with Crippen molar-refractivity contribution in [1.29, 1.82) is 0 Å². The number of fused-ring (bicyclic) bond motifs is 1. The Bertz CT molecular complexity index is 670. The number of aryl methyl sites for hydroxylation is 1. The van der Waals surface area contributed by atoms with Gasteiger partial charge in [0.25, 0.3) is 5.91 Å². The molecule has 9 nitrogen and oxygen atoms in total. The molecule has 0 radical (unpaired) electrons. The van der Waals surface area contributed by atoms with Crippen LogP contribution < -0.4 is 15.4 Å². The molecular formula is C12H12N6O3. The molecule has 0 saturated carbocycles. The number of hydrogen-bond donors (Lipinski definition) is 2. The molecular weight excluding hydrogens is 276 g/mol. The number of carbonyl (C=O) groups excluding carboxylic acids is 2. The van der Waals surface area contributed by atoms with Crippen molar-refractivity contribution >= 4 is 23.2 Å². The third-order valence-electron chi connectivity index (χ3n) is 2.86. The van der Waals surface area contributed by atoms with Gasteiger partial charge in [-0.15, -0.1) is 5.10 Å². The summed E-state index contributed by atoms with van der Waals surface area (Å²) in [5, 5.41) is 16.1. The van der Waals surface area contributed by atoms with Crippen LogP contribution in [0.5, 0.6) is 5.75 Å². The molecule has 0 atom stereocenters. The zero-order chi connectivity index (χ0) is 14.7. The quantitative estimate of drug-likeness (QED) is 0.821. The third kappa shape index (κ3) is 3.14. The van der Waals surface area contributed by atoms with E-state index in [1.54, 1.807) is 18.2 Å². The average Bonchev–Trinajstić information content (AvgIpc) is 2.99. The van der Waals surface area contributed by atoms with Gasteiger partial charge in [0, 0.05) is 18.2 Å². The van der Waals surface area contributed by atoms with E-state index in [1.807, 2.05) is 0 Å². The van der Waals surface area contributed by atoms with E-state index < -0.39 is 0 Å². The van der Waals surface area contributed by atoms with Crippen LogP contribution in [0.25, 0.3) is 0 Å². The molecule has 1 aliphatic rings. The van der Waals surface area contributed by atoms with Crippen molar-refractivity contribution in [2.24, 2.45) is 0 Å². The smallest absolute Gasteiger partial charge is 0.262 e. The number of aromatic nitrogens is 4. The summed E-state index contributed by atoms with van der Waals surface area (Å²) < 4.78 is 6.76. The van der Waals surface area contributed by atoms with Crippen molar-refractivity contribution in [1.82, 2.24) is 20.2 Å². The summed E-state index contributed by atoms with van der Waals surface area (Å²) in [6, 6.07) is 5.05. The molecule has 1 aliphatic heterocycles. The Kier molecular flexibility index (Phi) is 3.46. The van der Waals surface area contributed by atoms with E-state index >= 15 is 0 Å². The number of nitrogens with zero attached hydrogens (tertiary/aromatic N) is 4. The largest absolute Gasteiger partial charge is 0.482 e. The first-order chi connectivity index (χ1) is 10.2. The van der Waals surface area contributed by atoms with Crippen LogP contribution >= 0.6 is 0 Å². The lowest BCUT2D eigenvalue weighted by Crippen LogP contribution is -2.25. The van der Waals surface area contributed by atoms with E-state index in [9.17, 15) is 9.59 Å². The molecule has 2 aromatic rings. The highest BCUT2D eigenvalue weighted by atomic mass is 16.5. The van der Waals surface area contributed by atoms with Crippen molar-refractivity contribution in [3.05, 3.63) is 24.5 Å². The highest BCUT2D eigenvalue weighted by molar-refractivity contribution is 5.97. The minimum Gasteiger partial charge on any atom is -0.482 e. The fraction of sp³-hybridized carbons (Fsp3) is 0.250. The predicted octanol–water partition coefficient (Wildman–Crippen LogP) is 0.0328. The number of carbonyl (C=O) groups is 2. The average molecular weight is 288 g/mol. The lowest BCUT2D eigenvalue weighted by molar-refractivity contribution is -0.118. The van der Waals surface area contributed by atoms with Crippen molar-refractivity contribution in [2.75, 3.05) is 17.2 Å². The molecule has 9 heteroatoms. The number of benzene rings is 1. The predicted molar refractivity (Wildman–Crippen MR) is 71.6 cm³/mol. The number of anilines is 2. The molecule has 1 aromatic heterocycles. The van der Waals surface area contributed by atoms with E-state index in [1.165, 1.54) is 11.0 Å². The van der Waals surface area contributed by atoms with Gasteiger partial charge in [-0.3, -0.25) is 9.59 Å². The molecule has 2 amide bonds. The van der Waals surface area contributed by atoms with Crippen LogP contribution in [0.2, 0.25) is 0 Å². The van der Waals surface area contributed by atoms with Crippen LogP contribution in [0, 0.1) is 0 Å². The number of hydrogen-bond acceptors (Lipinski definition) is 6. The Labute approximate surface area is 119 Å². The number of tetrazole rings is 1. The van der Waals surface area contributed by atoms with E-state index in [-0.39, 0.29) is 24.8 Å². The molecule has 3 rings (SSSR count). The van der Waals surface area contributed by atoms with Gasteiger partial charge in [-0.2, -0.15) is 0 Å². The molecule has 0 aliphatic carbocycles. The number of nitrogens with one attached hydrogen (secondary N) is 2. The van der Waals surface area contributed by atoms with Gasteiger partial charge >= 0.3 is 0 Å². The maximum atomic E-state index is 11.8. The number of rotatable bonds is 4. The van der Waals surface area contributed by atoms with E-state index in [2.05, 4.69) is 26.2 Å². The zero-order valence-corrected chi connectivity index (χ0v) is 10.9. The van der Waals surface area contributed by atoms with Gasteiger partial charge in [-0.25, -0.2) is 4.68 Å². The van der Waals surface area contributed by atoms with Crippen LogP contribution in [0.3, 0.4) is 0 Å². The van der Waals surface area contributed by atoms with E-state index in [4.69, 9.17) is 4.74 Å². The van der Waals surface area contributed by atoms with Gasteiger partial charge in [0.05, 0.1) is 12.2 Å². The Balaban J connectivity index is 1.60. The zero-order valence-electron chi connectivity index (χ0n) is 10.9. The first kappa shape index (κ1) is 13.0. The first-order valence-electron chi connectivity index (χ1n) is 6.28. The second-order valence-corrected chi connectivity index (χ2v) is 4.42. The summed E-state index contributed by atoms with van der Waals surface area (Å²) in [4.78, 5) is 23.0. The number of amides is 2. The van der Waals surface area contributed by atoms with E-state index in [0.717, 1.165) is 0 Å². The molecule has 0 saturated heterocycles. The summed E-state index contributed by atoms with van der Waals surface area (Å²) in [5.41, 5.74) is 1.20. The Hall–Kier alpha value is -2.97.